The number of anilines is 1. The first kappa shape index (κ1) is 17.6. The maximum absolute atomic E-state index is 11.8. The quantitative estimate of drug-likeness (QED) is 0.904. The zero-order valence-electron chi connectivity index (χ0n) is 15.2. The predicted octanol–water partition coefficient (Wildman–Crippen LogP) is 2.32. The summed E-state index contributed by atoms with van der Waals surface area (Å²) >= 11 is 0. The summed E-state index contributed by atoms with van der Waals surface area (Å²) in [6.45, 7) is 9.69. The standard InChI is InChI=1S/C19H27N5O/c1-3-8-23-9-5-10-24(12-11-23)17-7-6-15(14-20-17)19-21-16(4-2)13-18(25)22-19/h6-7,13-14H,3-5,8-12H2,1-2H3,(H,21,22,25). The number of hydrogen-bond acceptors (Lipinski definition) is 5. The van der Waals surface area contributed by atoms with Crippen molar-refractivity contribution < 1.29 is 0 Å². The highest BCUT2D eigenvalue weighted by molar-refractivity contribution is 5.56. The van der Waals surface area contributed by atoms with Gasteiger partial charge in [0.15, 0.2) is 0 Å². The molecule has 3 rings (SSSR count). The first-order valence-corrected chi connectivity index (χ1v) is 9.23. The van der Waals surface area contributed by atoms with Gasteiger partial charge >= 0.3 is 0 Å². The number of rotatable bonds is 5. The van der Waals surface area contributed by atoms with Crippen LogP contribution in [0.1, 0.15) is 32.4 Å². The number of aromatic amines is 1. The zero-order chi connectivity index (χ0) is 17.6. The van der Waals surface area contributed by atoms with Crippen molar-refractivity contribution in [1.29, 1.82) is 0 Å². The van der Waals surface area contributed by atoms with Gasteiger partial charge in [0, 0.05) is 43.2 Å². The van der Waals surface area contributed by atoms with Gasteiger partial charge in [-0.3, -0.25) is 4.79 Å². The van der Waals surface area contributed by atoms with Crippen molar-refractivity contribution in [2.75, 3.05) is 37.6 Å². The molecule has 0 atom stereocenters. The lowest BCUT2D eigenvalue weighted by molar-refractivity contribution is 0.294. The first-order valence-electron chi connectivity index (χ1n) is 9.23. The molecule has 0 bridgehead atoms. The fourth-order valence-corrected chi connectivity index (χ4v) is 3.28. The molecule has 0 aromatic carbocycles. The van der Waals surface area contributed by atoms with Crippen LogP contribution in [0.2, 0.25) is 0 Å². The number of nitrogens with zero attached hydrogens (tertiary/aromatic N) is 4. The van der Waals surface area contributed by atoms with E-state index in [1.807, 2.05) is 25.3 Å². The highest BCUT2D eigenvalue weighted by Gasteiger charge is 2.15. The fraction of sp³-hybridized carbons (Fsp3) is 0.526. The van der Waals surface area contributed by atoms with Crippen LogP contribution in [-0.4, -0.2) is 52.6 Å². The number of H-pyrrole nitrogens is 1. The van der Waals surface area contributed by atoms with E-state index in [9.17, 15) is 4.79 Å². The number of aromatic nitrogens is 3. The van der Waals surface area contributed by atoms with Crippen molar-refractivity contribution in [3.8, 4) is 11.4 Å². The Balaban J connectivity index is 1.74. The van der Waals surface area contributed by atoms with Gasteiger partial charge in [0.2, 0.25) is 0 Å². The maximum atomic E-state index is 11.8. The SMILES string of the molecule is CCCN1CCCN(c2ccc(-c3nc(CC)cc(=O)[nH]3)cn2)CC1. The topological polar surface area (TPSA) is 65.1 Å². The Morgan fingerprint density at radius 2 is 2.04 bits per heavy atom. The van der Waals surface area contributed by atoms with Crippen molar-refractivity contribution in [3.63, 3.8) is 0 Å². The van der Waals surface area contributed by atoms with Crippen LogP contribution in [0.5, 0.6) is 0 Å². The highest BCUT2D eigenvalue weighted by Crippen LogP contribution is 2.19. The molecule has 134 valence electrons. The number of aryl methyl sites for hydroxylation is 1. The van der Waals surface area contributed by atoms with E-state index in [2.05, 4.69) is 31.7 Å². The maximum Gasteiger partial charge on any atom is 0.251 e. The molecule has 1 N–H and O–H groups in total. The minimum absolute atomic E-state index is 0.116. The van der Waals surface area contributed by atoms with Crippen molar-refractivity contribution in [2.45, 2.75) is 33.1 Å². The molecule has 1 saturated heterocycles. The van der Waals surface area contributed by atoms with Crippen LogP contribution < -0.4 is 10.5 Å². The third kappa shape index (κ3) is 4.45. The third-order valence-electron chi connectivity index (χ3n) is 4.63. The number of nitrogens with one attached hydrogen (secondary N) is 1. The second-order valence-electron chi connectivity index (χ2n) is 6.53. The Labute approximate surface area is 148 Å². The molecule has 1 aliphatic heterocycles. The van der Waals surface area contributed by atoms with Crippen LogP contribution in [0.15, 0.2) is 29.2 Å². The average molecular weight is 341 g/mol. The number of pyridine rings is 1. The van der Waals surface area contributed by atoms with Gasteiger partial charge < -0.3 is 14.8 Å². The zero-order valence-corrected chi connectivity index (χ0v) is 15.2. The van der Waals surface area contributed by atoms with Crippen LogP contribution in [0, 0.1) is 0 Å². The summed E-state index contributed by atoms with van der Waals surface area (Å²) in [6, 6.07) is 5.57. The summed E-state index contributed by atoms with van der Waals surface area (Å²) in [4.78, 5) is 28.5. The van der Waals surface area contributed by atoms with Crippen LogP contribution in [0.25, 0.3) is 11.4 Å². The molecule has 0 amide bonds. The molecule has 6 heteroatoms. The lowest BCUT2D eigenvalue weighted by Crippen LogP contribution is -2.31. The van der Waals surface area contributed by atoms with Gasteiger partial charge in [0.05, 0.1) is 0 Å². The molecular weight excluding hydrogens is 314 g/mol. The molecule has 1 aliphatic rings. The van der Waals surface area contributed by atoms with Gasteiger partial charge in [-0.25, -0.2) is 9.97 Å². The smallest absolute Gasteiger partial charge is 0.251 e. The van der Waals surface area contributed by atoms with Gasteiger partial charge in [-0.1, -0.05) is 13.8 Å². The molecule has 1 fully saturated rings. The lowest BCUT2D eigenvalue weighted by atomic mass is 10.2. The van der Waals surface area contributed by atoms with Crippen molar-refractivity contribution >= 4 is 5.82 Å². The first-order chi connectivity index (χ1) is 12.2. The van der Waals surface area contributed by atoms with E-state index in [0.29, 0.717) is 5.82 Å². The van der Waals surface area contributed by atoms with Gasteiger partial charge in [0.1, 0.15) is 11.6 Å². The Morgan fingerprint density at radius 3 is 2.76 bits per heavy atom. The summed E-state index contributed by atoms with van der Waals surface area (Å²) in [5.41, 5.74) is 1.53. The number of hydrogen-bond donors (Lipinski definition) is 1. The van der Waals surface area contributed by atoms with E-state index >= 15 is 0 Å². The molecule has 0 spiro atoms. The molecule has 0 radical (unpaired) electrons. The van der Waals surface area contributed by atoms with E-state index in [0.717, 1.165) is 56.1 Å². The fourth-order valence-electron chi connectivity index (χ4n) is 3.28. The second-order valence-corrected chi connectivity index (χ2v) is 6.53. The predicted molar refractivity (Wildman–Crippen MR) is 101 cm³/mol. The van der Waals surface area contributed by atoms with E-state index < -0.39 is 0 Å². The van der Waals surface area contributed by atoms with Gasteiger partial charge in [-0.15, -0.1) is 0 Å². The average Bonchev–Trinajstić information content (AvgIpc) is 2.87. The molecule has 25 heavy (non-hydrogen) atoms. The van der Waals surface area contributed by atoms with Crippen LogP contribution in [0.4, 0.5) is 5.82 Å². The molecule has 0 saturated carbocycles. The Morgan fingerprint density at radius 1 is 1.16 bits per heavy atom. The highest BCUT2D eigenvalue weighted by atomic mass is 16.1. The van der Waals surface area contributed by atoms with E-state index in [1.54, 1.807) is 6.07 Å². The van der Waals surface area contributed by atoms with Gasteiger partial charge in [-0.05, 0) is 44.5 Å². The molecule has 3 heterocycles. The largest absolute Gasteiger partial charge is 0.355 e. The van der Waals surface area contributed by atoms with E-state index in [1.165, 1.54) is 13.0 Å². The summed E-state index contributed by atoms with van der Waals surface area (Å²) in [6.07, 6.45) is 4.91. The van der Waals surface area contributed by atoms with Gasteiger partial charge in [-0.2, -0.15) is 0 Å². The van der Waals surface area contributed by atoms with Crippen LogP contribution in [0.3, 0.4) is 0 Å². The molecule has 0 unspecified atom stereocenters. The van der Waals surface area contributed by atoms with Gasteiger partial charge in [0.25, 0.3) is 5.56 Å². The summed E-state index contributed by atoms with van der Waals surface area (Å²) in [5.74, 6) is 1.59. The van der Waals surface area contributed by atoms with Crippen molar-refractivity contribution in [1.82, 2.24) is 19.9 Å². The van der Waals surface area contributed by atoms with Crippen molar-refractivity contribution in [2.24, 2.45) is 0 Å². The normalized spacial score (nSPS) is 16.0. The molecular formula is C19H27N5O. The monoisotopic (exact) mass is 341 g/mol. The lowest BCUT2D eigenvalue weighted by Gasteiger charge is -2.22. The minimum atomic E-state index is -0.116. The molecule has 0 aliphatic carbocycles. The summed E-state index contributed by atoms with van der Waals surface area (Å²) < 4.78 is 0. The second kappa shape index (κ2) is 8.25. The Kier molecular flexibility index (Phi) is 5.81. The molecule has 2 aromatic rings. The van der Waals surface area contributed by atoms with E-state index in [-0.39, 0.29) is 5.56 Å². The Hall–Kier alpha value is -2.21. The third-order valence-corrected chi connectivity index (χ3v) is 4.63. The Bertz CT molecular complexity index is 740. The van der Waals surface area contributed by atoms with Crippen LogP contribution in [-0.2, 0) is 6.42 Å². The summed E-state index contributed by atoms with van der Waals surface area (Å²) in [5, 5.41) is 0. The van der Waals surface area contributed by atoms with Crippen LogP contribution >= 0.6 is 0 Å². The van der Waals surface area contributed by atoms with E-state index in [4.69, 9.17) is 0 Å². The minimum Gasteiger partial charge on any atom is -0.355 e. The summed E-state index contributed by atoms with van der Waals surface area (Å²) in [7, 11) is 0. The molecule has 2 aromatic heterocycles. The molecule has 6 nitrogen and oxygen atoms in total. The van der Waals surface area contributed by atoms with Crippen molar-refractivity contribution in [3.05, 3.63) is 40.4 Å².